The molecule has 116 valence electrons. The van der Waals surface area contributed by atoms with Gasteiger partial charge in [0, 0.05) is 13.6 Å². The first-order valence-corrected chi connectivity index (χ1v) is 8.31. The number of primary sulfonamides is 1. The molecule has 0 bridgehead atoms. The lowest BCUT2D eigenvalue weighted by Crippen LogP contribution is -2.30. The normalized spacial score (nSPS) is 21.2. The van der Waals surface area contributed by atoms with Gasteiger partial charge in [0.15, 0.2) is 0 Å². The van der Waals surface area contributed by atoms with Crippen LogP contribution in [-0.4, -0.2) is 32.8 Å². The van der Waals surface area contributed by atoms with Crippen molar-refractivity contribution in [1.29, 1.82) is 0 Å². The Morgan fingerprint density at radius 3 is 2.57 bits per heavy atom. The van der Waals surface area contributed by atoms with Gasteiger partial charge in [0.1, 0.15) is 10.7 Å². The van der Waals surface area contributed by atoms with Gasteiger partial charge >= 0.3 is 0 Å². The number of carbonyl (C=O) groups is 1. The summed E-state index contributed by atoms with van der Waals surface area (Å²) in [6.07, 6.45) is 1.03. The van der Waals surface area contributed by atoms with Crippen LogP contribution >= 0.6 is 11.6 Å². The van der Waals surface area contributed by atoms with Gasteiger partial charge in [0.05, 0.1) is 10.6 Å². The maximum Gasteiger partial charge on any atom is 0.256 e. The van der Waals surface area contributed by atoms with Crippen molar-refractivity contribution >= 4 is 27.5 Å². The summed E-state index contributed by atoms with van der Waals surface area (Å²) in [5.41, 5.74) is -0.348. The molecule has 1 fully saturated rings. The molecule has 1 aromatic rings. The van der Waals surface area contributed by atoms with Gasteiger partial charge in [-0.25, -0.2) is 17.9 Å². The summed E-state index contributed by atoms with van der Waals surface area (Å²) < 4.78 is 36.7. The maximum atomic E-state index is 13.9. The highest BCUT2D eigenvalue weighted by molar-refractivity contribution is 7.89. The fourth-order valence-corrected chi connectivity index (χ4v) is 3.29. The van der Waals surface area contributed by atoms with Crippen molar-refractivity contribution in [1.82, 2.24) is 4.90 Å². The molecule has 2 atom stereocenters. The first-order valence-electron chi connectivity index (χ1n) is 6.38. The van der Waals surface area contributed by atoms with Crippen LogP contribution in [0.2, 0.25) is 5.02 Å². The Morgan fingerprint density at radius 2 is 2.10 bits per heavy atom. The first kappa shape index (κ1) is 16.2. The van der Waals surface area contributed by atoms with Crippen LogP contribution in [0.25, 0.3) is 0 Å². The van der Waals surface area contributed by atoms with E-state index < -0.39 is 26.6 Å². The molecule has 1 aliphatic rings. The summed E-state index contributed by atoms with van der Waals surface area (Å²) in [4.78, 5) is 13.2. The molecule has 2 rings (SSSR count). The van der Waals surface area contributed by atoms with Crippen LogP contribution < -0.4 is 5.14 Å². The van der Waals surface area contributed by atoms with Crippen LogP contribution in [-0.2, 0) is 10.0 Å². The van der Waals surface area contributed by atoms with E-state index in [1.165, 1.54) is 4.90 Å². The van der Waals surface area contributed by atoms with Crippen molar-refractivity contribution in [2.24, 2.45) is 17.0 Å². The lowest BCUT2D eigenvalue weighted by Gasteiger charge is -2.18. The second-order valence-electron chi connectivity index (χ2n) is 5.47. The van der Waals surface area contributed by atoms with E-state index in [9.17, 15) is 17.6 Å². The van der Waals surface area contributed by atoms with Crippen molar-refractivity contribution < 1.29 is 17.6 Å². The Balaban J connectivity index is 2.32. The number of benzene rings is 1. The molecule has 1 saturated carbocycles. The molecule has 0 radical (unpaired) electrons. The maximum absolute atomic E-state index is 13.9. The van der Waals surface area contributed by atoms with Gasteiger partial charge in [-0.2, -0.15) is 0 Å². The van der Waals surface area contributed by atoms with E-state index in [1.54, 1.807) is 7.05 Å². The monoisotopic (exact) mass is 334 g/mol. The number of amides is 1. The standard InChI is InChI=1S/C13H16ClFN2O3S/c1-7-3-8(7)6-17(2)13(18)9-4-12(21(16,19)20)10(14)5-11(9)15/h4-5,7-8H,3,6H2,1-2H3,(H2,16,19,20). The molecule has 5 nitrogen and oxygen atoms in total. The molecule has 1 amide bonds. The van der Waals surface area contributed by atoms with E-state index in [0.717, 1.165) is 18.6 Å². The van der Waals surface area contributed by atoms with Crippen LogP contribution in [0.3, 0.4) is 0 Å². The molecular formula is C13H16ClFN2O3S. The Morgan fingerprint density at radius 1 is 1.52 bits per heavy atom. The lowest BCUT2D eigenvalue weighted by molar-refractivity contribution is 0.0782. The molecule has 8 heteroatoms. The average Bonchev–Trinajstić information content (AvgIpc) is 3.02. The molecule has 2 unspecified atom stereocenters. The summed E-state index contributed by atoms with van der Waals surface area (Å²) in [6, 6.07) is 1.68. The summed E-state index contributed by atoms with van der Waals surface area (Å²) in [5, 5.41) is 4.66. The highest BCUT2D eigenvalue weighted by Crippen LogP contribution is 2.38. The average molecular weight is 335 g/mol. The zero-order valence-electron chi connectivity index (χ0n) is 11.6. The minimum atomic E-state index is -4.12. The van der Waals surface area contributed by atoms with Gasteiger partial charge in [0.25, 0.3) is 5.91 Å². The Kier molecular flexibility index (Phi) is 4.28. The third-order valence-electron chi connectivity index (χ3n) is 3.69. The van der Waals surface area contributed by atoms with Gasteiger partial charge in [0.2, 0.25) is 10.0 Å². The van der Waals surface area contributed by atoms with Gasteiger partial charge in [-0.15, -0.1) is 0 Å². The molecular weight excluding hydrogens is 319 g/mol. The molecule has 0 aromatic heterocycles. The zero-order valence-corrected chi connectivity index (χ0v) is 13.2. The van der Waals surface area contributed by atoms with E-state index in [-0.39, 0.29) is 10.6 Å². The minimum absolute atomic E-state index is 0.343. The third kappa shape index (κ3) is 3.53. The number of rotatable bonds is 4. The van der Waals surface area contributed by atoms with Crippen LogP contribution in [0.15, 0.2) is 17.0 Å². The van der Waals surface area contributed by atoms with Crippen LogP contribution in [0.4, 0.5) is 4.39 Å². The number of hydrogen-bond donors (Lipinski definition) is 1. The minimum Gasteiger partial charge on any atom is -0.341 e. The fraction of sp³-hybridized carbons (Fsp3) is 0.462. The molecule has 0 heterocycles. The Hall–Kier alpha value is -1.18. The Labute approximate surface area is 127 Å². The lowest BCUT2D eigenvalue weighted by atomic mass is 10.1. The molecule has 0 aliphatic heterocycles. The number of halogens is 2. The van der Waals surface area contributed by atoms with Crippen molar-refractivity contribution in [2.45, 2.75) is 18.2 Å². The largest absolute Gasteiger partial charge is 0.341 e. The topological polar surface area (TPSA) is 80.5 Å². The quantitative estimate of drug-likeness (QED) is 0.912. The fourth-order valence-electron chi connectivity index (χ4n) is 2.20. The van der Waals surface area contributed by atoms with Crippen LogP contribution in [0, 0.1) is 17.7 Å². The second kappa shape index (κ2) is 5.55. The van der Waals surface area contributed by atoms with Crippen molar-refractivity contribution in [3.05, 3.63) is 28.5 Å². The third-order valence-corrected chi connectivity index (χ3v) is 5.07. The molecule has 21 heavy (non-hydrogen) atoms. The molecule has 0 saturated heterocycles. The van der Waals surface area contributed by atoms with Gasteiger partial charge in [-0.1, -0.05) is 18.5 Å². The number of nitrogens with two attached hydrogens (primary N) is 1. The van der Waals surface area contributed by atoms with E-state index in [2.05, 4.69) is 6.92 Å². The van der Waals surface area contributed by atoms with Crippen molar-refractivity contribution in [3.63, 3.8) is 0 Å². The smallest absolute Gasteiger partial charge is 0.256 e. The van der Waals surface area contributed by atoms with Crippen LogP contribution in [0.1, 0.15) is 23.7 Å². The summed E-state index contributed by atoms with van der Waals surface area (Å²) >= 11 is 5.66. The predicted molar refractivity (Wildman–Crippen MR) is 77.0 cm³/mol. The Bertz CT molecular complexity index is 693. The van der Waals surface area contributed by atoms with E-state index in [4.69, 9.17) is 16.7 Å². The number of sulfonamides is 1. The SMILES string of the molecule is CC1CC1CN(C)C(=O)c1cc(S(N)(=O)=O)c(Cl)cc1F. The van der Waals surface area contributed by atoms with Gasteiger partial charge in [-0.3, -0.25) is 4.79 Å². The molecule has 0 spiro atoms. The highest BCUT2D eigenvalue weighted by atomic mass is 35.5. The predicted octanol–water partition coefficient (Wildman–Crippen LogP) is 1.85. The van der Waals surface area contributed by atoms with Gasteiger partial charge in [-0.05, 0) is 30.4 Å². The number of carbonyl (C=O) groups excluding carboxylic acids is 1. The van der Waals surface area contributed by atoms with E-state index >= 15 is 0 Å². The summed E-state index contributed by atoms with van der Waals surface area (Å²) in [6.45, 7) is 2.58. The first-order chi connectivity index (χ1) is 9.61. The van der Waals surface area contributed by atoms with Crippen LogP contribution in [0.5, 0.6) is 0 Å². The van der Waals surface area contributed by atoms with E-state index in [0.29, 0.717) is 18.4 Å². The zero-order chi connectivity index (χ0) is 15.9. The molecule has 2 N–H and O–H groups in total. The van der Waals surface area contributed by atoms with Crippen molar-refractivity contribution in [2.75, 3.05) is 13.6 Å². The summed E-state index contributed by atoms with van der Waals surface area (Å²) in [5.74, 6) is -0.497. The van der Waals surface area contributed by atoms with E-state index in [1.807, 2.05) is 0 Å². The second-order valence-corrected chi connectivity index (χ2v) is 7.40. The van der Waals surface area contributed by atoms with Gasteiger partial charge < -0.3 is 4.90 Å². The highest BCUT2D eigenvalue weighted by Gasteiger charge is 2.34. The van der Waals surface area contributed by atoms with Crippen molar-refractivity contribution in [3.8, 4) is 0 Å². The molecule has 1 aromatic carbocycles. The number of hydrogen-bond acceptors (Lipinski definition) is 3. The molecule has 1 aliphatic carbocycles. The summed E-state index contributed by atoms with van der Waals surface area (Å²) in [7, 11) is -2.57. The number of nitrogens with zero attached hydrogens (tertiary/aromatic N) is 1.